The summed E-state index contributed by atoms with van der Waals surface area (Å²) < 4.78 is 17.8. The number of morpholine rings is 1. The predicted molar refractivity (Wildman–Crippen MR) is 101 cm³/mol. The standard InChI is InChI=1S/C18H37N5O3/c1-19-17-6-7-20-18(22-17)21-13-4-5-15(24-3)16(10-13)26-12-14-11-23(2)8-9-25-14/h13-22H,4-12H2,1-3H3/t13?,14-,15?,16?,17?,18?/m0/s1. The Morgan fingerprint density at radius 1 is 1.23 bits per heavy atom. The Labute approximate surface area is 157 Å². The summed E-state index contributed by atoms with van der Waals surface area (Å²) in [6, 6.07) is 0.418. The molecular weight excluding hydrogens is 334 g/mol. The van der Waals surface area contributed by atoms with Gasteiger partial charge in [-0.3, -0.25) is 16.0 Å². The zero-order chi connectivity index (χ0) is 18.4. The van der Waals surface area contributed by atoms with Crippen molar-refractivity contribution < 1.29 is 14.2 Å². The largest absolute Gasteiger partial charge is 0.379 e. The average Bonchev–Trinajstić information content (AvgIpc) is 2.67. The molecule has 0 aromatic rings. The lowest BCUT2D eigenvalue weighted by Crippen LogP contribution is -2.66. The van der Waals surface area contributed by atoms with Crippen LogP contribution in [0.3, 0.4) is 0 Å². The molecule has 152 valence electrons. The van der Waals surface area contributed by atoms with Crippen LogP contribution in [0.5, 0.6) is 0 Å². The van der Waals surface area contributed by atoms with Gasteiger partial charge >= 0.3 is 0 Å². The van der Waals surface area contributed by atoms with Crippen molar-refractivity contribution in [2.75, 3.05) is 54.1 Å². The Morgan fingerprint density at radius 2 is 2.12 bits per heavy atom. The number of nitrogens with one attached hydrogen (secondary N) is 4. The molecule has 3 rings (SSSR count). The number of rotatable bonds is 7. The number of hydrogen-bond donors (Lipinski definition) is 4. The number of ether oxygens (including phenoxy) is 3. The molecule has 0 aromatic heterocycles. The molecule has 2 saturated heterocycles. The van der Waals surface area contributed by atoms with Crippen molar-refractivity contribution in [1.82, 2.24) is 26.2 Å². The van der Waals surface area contributed by atoms with Gasteiger partial charge in [0, 0.05) is 32.8 Å². The third-order valence-corrected chi connectivity index (χ3v) is 5.77. The second-order valence-electron chi connectivity index (χ2n) is 7.76. The molecule has 6 atom stereocenters. The molecule has 0 radical (unpaired) electrons. The molecule has 0 amide bonds. The SMILES string of the molecule is CNC1CCNC(NC2CCC(OC)C(OC[C@@H]3CN(C)CCO3)C2)N1. The van der Waals surface area contributed by atoms with Gasteiger partial charge in [-0.25, -0.2) is 0 Å². The van der Waals surface area contributed by atoms with Gasteiger partial charge in [0.1, 0.15) is 6.29 Å². The normalized spacial score (nSPS) is 39.8. The van der Waals surface area contributed by atoms with E-state index < -0.39 is 0 Å². The molecule has 4 N–H and O–H groups in total. The smallest absolute Gasteiger partial charge is 0.113 e. The van der Waals surface area contributed by atoms with E-state index in [2.05, 4.69) is 33.2 Å². The Bertz CT molecular complexity index is 416. The van der Waals surface area contributed by atoms with Crippen LogP contribution in [0.4, 0.5) is 0 Å². The van der Waals surface area contributed by atoms with Gasteiger partial charge in [0.15, 0.2) is 0 Å². The van der Waals surface area contributed by atoms with Crippen LogP contribution in [0, 0.1) is 0 Å². The second kappa shape index (κ2) is 10.3. The van der Waals surface area contributed by atoms with E-state index in [1.807, 2.05) is 7.05 Å². The molecule has 0 bridgehead atoms. The summed E-state index contributed by atoms with van der Waals surface area (Å²) in [5.74, 6) is 0. The van der Waals surface area contributed by atoms with Gasteiger partial charge in [-0.1, -0.05) is 0 Å². The first-order valence-corrected chi connectivity index (χ1v) is 10.0. The summed E-state index contributed by atoms with van der Waals surface area (Å²) in [7, 11) is 5.93. The maximum atomic E-state index is 6.27. The lowest BCUT2D eigenvalue weighted by molar-refractivity contribution is -0.125. The van der Waals surface area contributed by atoms with E-state index in [0.717, 1.165) is 51.9 Å². The summed E-state index contributed by atoms with van der Waals surface area (Å²) in [5, 5.41) is 14.1. The van der Waals surface area contributed by atoms with Gasteiger partial charge < -0.3 is 24.4 Å². The molecule has 8 heteroatoms. The van der Waals surface area contributed by atoms with Gasteiger partial charge in [0.05, 0.1) is 37.7 Å². The fourth-order valence-electron chi connectivity index (χ4n) is 4.18. The van der Waals surface area contributed by atoms with Crippen molar-refractivity contribution in [3.05, 3.63) is 0 Å². The van der Waals surface area contributed by atoms with Gasteiger partial charge in [0.25, 0.3) is 0 Å². The van der Waals surface area contributed by atoms with Crippen LogP contribution in [0.15, 0.2) is 0 Å². The lowest BCUT2D eigenvalue weighted by atomic mass is 9.90. The van der Waals surface area contributed by atoms with Crippen LogP contribution < -0.4 is 21.3 Å². The maximum absolute atomic E-state index is 6.27. The number of methoxy groups -OCH3 is 1. The summed E-state index contributed by atoms with van der Waals surface area (Å²) in [4.78, 5) is 2.30. The van der Waals surface area contributed by atoms with Crippen LogP contribution >= 0.6 is 0 Å². The molecule has 0 spiro atoms. The van der Waals surface area contributed by atoms with E-state index in [-0.39, 0.29) is 24.6 Å². The predicted octanol–water partition coefficient (Wildman–Crippen LogP) is -0.729. The van der Waals surface area contributed by atoms with Crippen molar-refractivity contribution >= 4 is 0 Å². The van der Waals surface area contributed by atoms with Crippen LogP contribution in [0.25, 0.3) is 0 Å². The van der Waals surface area contributed by atoms with Crippen molar-refractivity contribution in [2.24, 2.45) is 0 Å². The van der Waals surface area contributed by atoms with Gasteiger partial charge in [-0.2, -0.15) is 0 Å². The highest BCUT2D eigenvalue weighted by atomic mass is 16.6. The topological polar surface area (TPSA) is 79.0 Å². The van der Waals surface area contributed by atoms with Crippen LogP contribution in [0.1, 0.15) is 25.7 Å². The zero-order valence-electron chi connectivity index (χ0n) is 16.5. The van der Waals surface area contributed by atoms with Crippen LogP contribution in [-0.4, -0.2) is 95.8 Å². The summed E-state index contributed by atoms with van der Waals surface area (Å²) >= 11 is 0. The van der Waals surface area contributed by atoms with E-state index >= 15 is 0 Å². The third kappa shape index (κ3) is 5.84. The molecule has 1 saturated carbocycles. The number of likely N-dealkylation sites (N-methyl/N-ethyl adjacent to an activating group) is 1. The number of nitrogens with zero attached hydrogens (tertiary/aromatic N) is 1. The van der Waals surface area contributed by atoms with Crippen molar-refractivity contribution in [1.29, 1.82) is 0 Å². The maximum Gasteiger partial charge on any atom is 0.113 e. The van der Waals surface area contributed by atoms with E-state index in [9.17, 15) is 0 Å². The zero-order valence-corrected chi connectivity index (χ0v) is 16.5. The molecular formula is C18H37N5O3. The van der Waals surface area contributed by atoms with E-state index in [0.29, 0.717) is 18.8 Å². The fourth-order valence-corrected chi connectivity index (χ4v) is 4.18. The Morgan fingerprint density at radius 3 is 2.88 bits per heavy atom. The van der Waals surface area contributed by atoms with Gasteiger partial charge in [0.2, 0.25) is 0 Å². The third-order valence-electron chi connectivity index (χ3n) is 5.77. The lowest BCUT2D eigenvalue weighted by Gasteiger charge is -2.40. The second-order valence-corrected chi connectivity index (χ2v) is 7.76. The van der Waals surface area contributed by atoms with Crippen molar-refractivity contribution in [3.63, 3.8) is 0 Å². The van der Waals surface area contributed by atoms with Crippen LogP contribution in [0.2, 0.25) is 0 Å². The average molecular weight is 372 g/mol. The highest BCUT2D eigenvalue weighted by Gasteiger charge is 2.34. The van der Waals surface area contributed by atoms with E-state index in [4.69, 9.17) is 14.2 Å². The monoisotopic (exact) mass is 371 g/mol. The number of hydrogen-bond acceptors (Lipinski definition) is 8. The minimum Gasteiger partial charge on any atom is -0.379 e. The van der Waals surface area contributed by atoms with E-state index in [1.54, 1.807) is 7.11 Å². The van der Waals surface area contributed by atoms with Crippen LogP contribution in [-0.2, 0) is 14.2 Å². The van der Waals surface area contributed by atoms with Crippen molar-refractivity contribution in [3.8, 4) is 0 Å². The molecule has 3 fully saturated rings. The molecule has 5 unspecified atom stereocenters. The molecule has 1 aliphatic carbocycles. The molecule has 0 aromatic carbocycles. The summed E-state index contributed by atoms with van der Waals surface area (Å²) in [5.41, 5.74) is 0. The summed E-state index contributed by atoms with van der Waals surface area (Å²) in [6.07, 6.45) is 5.13. The first-order chi connectivity index (χ1) is 12.7. The molecule has 2 aliphatic heterocycles. The van der Waals surface area contributed by atoms with Gasteiger partial charge in [-0.15, -0.1) is 0 Å². The fraction of sp³-hybridized carbons (Fsp3) is 1.00. The minimum atomic E-state index is 0.116. The summed E-state index contributed by atoms with van der Waals surface area (Å²) in [6.45, 7) is 4.38. The first-order valence-electron chi connectivity index (χ1n) is 10.0. The first kappa shape index (κ1) is 20.4. The molecule has 26 heavy (non-hydrogen) atoms. The van der Waals surface area contributed by atoms with Crippen molar-refractivity contribution in [2.45, 2.75) is 62.5 Å². The van der Waals surface area contributed by atoms with E-state index in [1.165, 1.54) is 0 Å². The minimum absolute atomic E-state index is 0.116. The highest BCUT2D eigenvalue weighted by Crippen LogP contribution is 2.25. The van der Waals surface area contributed by atoms with Gasteiger partial charge in [-0.05, 0) is 39.8 Å². The highest BCUT2D eigenvalue weighted by molar-refractivity contribution is 4.88. The quantitative estimate of drug-likeness (QED) is 0.467. The molecule has 3 aliphatic rings. The molecule has 8 nitrogen and oxygen atoms in total. The Hall–Kier alpha value is -0.320. The molecule has 2 heterocycles. The Kier molecular flexibility index (Phi) is 8.08. The Balaban J connectivity index is 1.46.